The predicted molar refractivity (Wildman–Crippen MR) is 166 cm³/mol. The van der Waals surface area contributed by atoms with Gasteiger partial charge in [0.2, 0.25) is 21.7 Å². The van der Waals surface area contributed by atoms with Crippen molar-refractivity contribution in [1.29, 1.82) is 0 Å². The van der Waals surface area contributed by atoms with E-state index in [1.807, 2.05) is 25.1 Å². The zero-order chi connectivity index (χ0) is 34.1. The van der Waals surface area contributed by atoms with Gasteiger partial charge in [0.05, 0.1) is 19.8 Å². The molecule has 0 radical (unpaired) electrons. The Morgan fingerprint density at radius 2 is 1.85 bits per heavy atom. The molecule has 0 bridgehead atoms. The number of aromatic nitrogens is 4. The summed E-state index contributed by atoms with van der Waals surface area (Å²) < 4.78 is 83.5. The van der Waals surface area contributed by atoms with Gasteiger partial charge in [-0.05, 0) is 73.2 Å². The first-order valence-corrected chi connectivity index (χ1v) is 16.6. The third-order valence-electron chi connectivity index (χ3n) is 9.53. The van der Waals surface area contributed by atoms with Crippen LogP contribution in [0.1, 0.15) is 72.3 Å². The number of hydrogen-bond acceptors (Lipinski definition) is 8. The fraction of sp³-hybridized carbons (Fsp3) is 0.455. The van der Waals surface area contributed by atoms with Crippen molar-refractivity contribution < 1.29 is 35.9 Å². The molecule has 6 rings (SSSR count). The van der Waals surface area contributed by atoms with E-state index in [2.05, 4.69) is 15.2 Å². The zero-order valence-corrected chi connectivity index (χ0v) is 27.8. The van der Waals surface area contributed by atoms with E-state index in [0.717, 1.165) is 9.96 Å². The molecule has 0 unspecified atom stereocenters. The number of alkyl halides is 3. The van der Waals surface area contributed by atoms with Gasteiger partial charge in [0, 0.05) is 36.7 Å². The molecule has 1 spiro atoms. The van der Waals surface area contributed by atoms with Crippen LogP contribution in [0, 0.1) is 26.2 Å². The molecule has 2 aliphatic rings. The lowest BCUT2D eigenvalue weighted by Crippen LogP contribution is -2.47. The molecule has 2 aliphatic heterocycles. The molecule has 3 aromatic heterocycles. The molecule has 0 amide bonds. The molecule has 47 heavy (non-hydrogen) atoms. The minimum atomic E-state index is -4.70. The van der Waals surface area contributed by atoms with Crippen molar-refractivity contribution in [2.45, 2.75) is 77.1 Å². The summed E-state index contributed by atoms with van der Waals surface area (Å²) in [5, 5.41) is 7.25. The highest BCUT2D eigenvalue weighted by atomic mass is 32.2. The summed E-state index contributed by atoms with van der Waals surface area (Å²) in [6.07, 6.45) is -1.36. The molecular weight excluding hydrogens is 635 g/mol. The number of ether oxygens (including phenoxy) is 2. The SMILES string of the molecule is CC(=O)C(C)(C)[C@@H](c1ccc(C)c(CN2C[C@]3(CCOC3)Oc3ncc(C)cc3S2(=O)=O)c1)c1ccn2c(C(F)(F)F)nnc2c1C. The van der Waals surface area contributed by atoms with Crippen LogP contribution in [0.2, 0.25) is 0 Å². The molecule has 0 N–H and O–H groups in total. The number of carbonyl (C=O) groups excluding carboxylic acids is 1. The molecule has 5 heterocycles. The van der Waals surface area contributed by atoms with E-state index >= 15 is 0 Å². The van der Waals surface area contributed by atoms with Gasteiger partial charge in [-0.1, -0.05) is 32.0 Å². The second-order valence-corrected chi connectivity index (χ2v) is 15.1. The maximum atomic E-state index is 14.2. The van der Waals surface area contributed by atoms with E-state index in [9.17, 15) is 26.4 Å². The maximum Gasteiger partial charge on any atom is 0.452 e. The smallest absolute Gasteiger partial charge is 0.452 e. The Morgan fingerprint density at radius 3 is 2.51 bits per heavy atom. The average Bonchev–Trinajstić information content (AvgIpc) is 3.62. The second-order valence-electron chi connectivity index (χ2n) is 13.2. The lowest BCUT2D eigenvalue weighted by Gasteiger charge is -2.35. The van der Waals surface area contributed by atoms with Gasteiger partial charge in [-0.3, -0.25) is 9.20 Å². The number of hydrogen-bond donors (Lipinski definition) is 0. The van der Waals surface area contributed by atoms with Crippen molar-refractivity contribution in [3.8, 4) is 5.88 Å². The first kappa shape index (κ1) is 33.0. The summed E-state index contributed by atoms with van der Waals surface area (Å²) in [7, 11) is -4.06. The summed E-state index contributed by atoms with van der Waals surface area (Å²) >= 11 is 0. The van der Waals surface area contributed by atoms with Gasteiger partial charge in [-0.2, -0.15) is 17.5 Å². The van der Waals surface area contributed by atoms with Crippen LogP contribution in [0.3, 0.4) is 0 Å². The Bertz CT molecular complexity index is 2000. The fourth-order valence-corrected chi connectivity index (χ4v) is 8.17. The quantitative estimate of drug-likeness (QED) is 0.262. The van der Waals surface area contributed by atoms with E-state index in [0.29, 0.717) is 40.8 Å². The van der Waals surface area contributed by atoms with Gasteiger partial charge in [0.1, 0.15) is 16.3 Å². The van der Waals surface area contributed by atoms with Crippen LogP contribution in [0.15, 0.2) is 47.6 Å². The van der Waals surface area contributed by atoms with Crippen LogP contribution in [0.25, 0.3) is 5.65 Å². The molecule has 0 saturated carbocycles. The molecule has 1 saturated heterocycles. The summed E-state index contributed by atoms with van der Waals surface area (Å²) in [5.74, 6) is -1.83. The molecule has 10 nitrogen and oxygen atoms in total. The van der Waals surface area contributed by atoms with Crippen LogP contribution in [0.5, 0.6) is 5.88 Å². The van der Waals surface area contributed by atoms with E-state index in [-0.39, 0.29) is 41.9 Å². The van der Waals surface area contributed by atoms with Gasteiger partial charge in [-0.25, -0.2) is 13.4 Å². The Labute approximate surface area is 271 Å². The number of carbonyl (C=O) groups is 1. The first-order chi connectivity index (χ1) is 21.9. The summed E-state index contributed by atoms with van der Waals surface area (Å²) in [4.78, 5) is 17.5. The van der Waals surface area contributed by atoms with Crippen LogP contribution in [-0.4, -0.2) is 63.4 Å². The van der Waals surface area contributed by atoms with Gasteiger partial charge in [0.25, 0.3) is 0 Å². The van der Waals surface area contributed by atoms with E-state index in [1.54, 1.807) is 46.0 Å². The van der Waals surface area contributed by atoms with Crippen LogP contribution >= 0.6 is 0 Å². The van der Waals surface area contributed by atoms with E-state index < -0.39 is 39.0 Å². The van der Waals surface area contributed by atoms with Crippen molar-refractivity contribution in [3.05, 3.63) is 81.9 Å². The lowest BCUT2D eigenvalue weighted by atomic mass is 9.68. The van der Waals surface area contributed by atoms with Gasteiger partial charge in [0.15, 0.2) is 5.65 Å². The number of halogens is 3. The highest BCUT2D eigenvalue weighted by Gasteiger charge is 2.47. The predicted octanol–water partition coefficient (Wildman–Crippen LogP) is 5.56. The van der Waals surface area contributed by atoms with Crippen molar-refractivity contribution >= 4 is 21.5 Å². The van der Waals surface area contributed by atoms with Crippen molar-refractivity contribution in [3.63, 3.8) is 0 Å². The molecule has 1 aromatic carbocycles. The maximum absolute atomic E-state index is 14.2. The van der Waals surface area contributed by atoms with Crippen LogP contribution < -0.4 is 4.74 Å². The first-order valence-electron chi connectivity index (χ1n) is 15.2. The Morgan fingerprint density at radius 1 is 1.11 bits per heavy atom. The normalized spacial score (nSPS) is 20.6. The molecule has 4 aromatic rings. The molecule has 0 aliphatic carbocycles. The van der Waals surface area contributed by atoms with Crippen molar-refractivity contribution in [2.24, 2.45) is 5.41 Å². The van der Waals surface area contributed by atoms with Gasteiger partial charge >= 0.3 is 6.18 Å². The molecule has 2 atom stereocenters. The van der Waals surface area contributed by atoms with Crippen LogP contribution in [-0.2, 0) is 32.3 Å². The Balaban J connectivity index is 1.47. The third-order valence-corrected chi connectivity index (χ3v) is 11.3. The van der Waals surface area contributed by atoms with E-state index in [1.165, 1.54) is 17.4 Å². The summed E-state index contributed by atoms with van der Waals surface area (Å²) in [6.45, 7) is 11.1. The number of nitrogens with zero attached hydrogens (tertiary/aromatic N) is 5. The van der Waals surface area contributed by atoms with E-state index in [4.69, 9.17) is 9.47 Å². The minimum Gasteiger partial charge on any atom is -0.466 e. The zero-order valence-electron chi connectivity index (χ0n) is 27.0. The molecule has 250 valence electrons. The van der Waals surface area contributed by atoms with Crippen molar-refractivity contribution in [1.82, 2.24) is 23.9 Å². The fourth-order valence-electron chi connectivity index (χ4n) is 6.53. The summed E-state index contributed by atoms with van der Waals surface area (Å²) in [5.41, 5.74) is 2.09. The largest absolute Gasteiger partial charge is 0.466 e. The number of benzene rings is 1. The highest BCUT2D eigenvalue weighted by molar-refractivity contribution is 7.89. The monoisotopic (exact) mass is 671 g/mol. The molecule has 1 fully saturated rings. The summed E-state index contributed by atoms with van der Waals surface area (Å²) in [6, 6.07) is 8.76. The van der Waals surface area contributed by atoms with Gasteiger partial charge < -0.3 is 9.47 Å². The third kappa shape index (κ3) is 5.69. The van der Waals surface area contributed by atoms with Crippen molar-refractivity contribution in [2.75, 3.05) is 19.8 Å². The molecule has 14 heteroatoms. The topological polar surface area (TPSA) is 116 Å². The number of sulfonamides is 1. The average molecular weight is 672 g/mol. The number of ketones is 1. The lowest BCUT2D eigenvalue weighted by molar-refractivity contribution is -0.145. The highest BCUT2D eigenvalue weighted by Crippen LogP contribution is 2.45. The number of rotatable bonds is 6. The number of pyridine rings is 2. The second kappa shape index (κ2) is 11.4. The van der Waals surface area contributed by atoms with Gasteiger partial charge in [-0.15, -0.1) is 10.2 Å². The Hall–Kier alpha value is -3.88. The number of fused-ring (bicyclic) bond motifs is 2. The number of aryl methyl sites for hydroxylation is 3. The standard InChI is InChI=1S/C33H36F3N5O5S/c1-19-13-26-29(37-15-19)46-32(10-12-45-18-32)17-40(47(26,43)44)16-24-14-23(8-7-20(24)2)27(31(5,6)22(4)42)25-9-11-41-28(21(25)3)38-39-30(41)33(34,35)36/h7-9,11,13-15,27H,10,12,16-18H2,1-6H3/t27-,32-/m0/s1. The molecular formula is C33H36F3N5O5S. The van der Waals surface area contributed by atoms with Crippen LogP contribution in [0.4, 0.5) is 13.2 Å². The Kier molecular flexibility index (Phi) is 8.00. The number of Topliss-reactive ketones (excluding diaryl/α,β-unsaturated/α-hetero) is 1. The minimum absolute atomic E-state index is 0.00482.